The second-order valence-corrected chi connectivity index (χ2v) is 4.08. The predicted molar refractivity (Wildman–Crippen MR) is 56.9 cm³/mol. The van der Waals surface area contributed by atoms with Crippen molar-refractivity contribution in [1.82, 2.24) is 0 Å². The molecule has 0 radical (unpaired) electrons. The van der Waals surface area contributed by atoms with Crippen LogP contribution in [0.25, 0.3) is 0 Å². The molecule has 0 aliphatic rings. The van der Waals surface area contributed by atoms with E-state index in [1.165, 1.54) is 0 Å². The Bertz CT molecular complexity index is 153. The third-order valence-corrected chi connectivity index (χ3v) is 2.53. The van der Waals surface area contributed by atoms with Crippen LogP contribution in [0.15, 0.2) is 0 Å². The van der Waals surface area contributed by atoms with Gasteiger partial charge in [-0.1, -0.05) is 13.3 Å². The molecule has 0 saturated heterocycles. The molecule has 1 unspecified atom stereocenters. The molecule has 0 fully saturated rings. The molecule has 3 nitrogen and oxygen atoms in total. The van der Waals surface area contributed by atoms with E-state index >= 15 is 0 Å². The quantitative estimate of drug-likeness (QED) is 0.645. The molecule has 0 spiro atoms. The third-order valence-electron chi connectivity index (χ3n) is 1.89. The standard InChI is InChI=1S/C9H19NO2S/c1-3-4-8(11)9(12)7(10)5-6-13-2/h7-8,11H,3-6,10H2,1-2H3/t7-,8?/m0/s1. The number of hydrogen-bond donors (Lipinski definition) is 2. The van der Waals surface area contributed by atoms with Gasteiger partial charge in [0, 0.05) is 0 Å². The molecule has 0 aromatic heterocycles. The van der Waals surface area contributed by atoms with Gasteiger partial charge in [-0.15, -0.1) is 0 Å². The summed E-state index contributed by atoms with van der Waals surface area (Å²) in [4.78, 5) is 11.4. The fraction of sp³-hybridized carbons (Fsp3) is 0.889. The lowest BCUT2D eigenvalue weighted by molar-refractivity contribution is -0.128. The topological polar surface area (TPSA) is 63.3 Å². The molecule has 0 aromatic rings. The highest BCUT2D eigenvalue weighted by atomic mass is 32.2. The molecular weight excluding hydrogens is 186 g/mol. The van der Waals surface area contributed by atoms with Crippen molar-refractivity contribution in [2.24, 2.45) is 5.73 Å². The van der Waals surface area contributed by atoms with Crippen LogP contribution in [0.5, 0.6) is 0 Å². The third kappa shape index (κ3) is 5.29. The van der Waals surface area contributed by atoms with Crippen molar-refractivity contribution in [1.29, 1.82) is 0 Å². The van der Waals surface area contributed by atoms with Crippen LogP contribution < -0.4 is 5.73 Å². The van der Waals surface area contributed by atoms with E-state index in [2.05, 4.69) is 0 Å². The SMILES string of the molecule is CCCC(O)C(=O)[C@@H](N)CCSC. The molecule has 13 heavy (non-hydrogen) atoms. The van der Waals surface area contributed by atoms with Gasteiger partial charge < -0.3 is 10.8 Å². The fourth-order valence-electron chi connectivity index (χ4n) is 1.05. The van der Waals surface area contributed by atoms with E-state index in [0.717, 1.165) is 12.2 Å². The molecule has 78 valence electrons. The number of carbonyl (C=O) groups excluding carboxylic acids is 1. The zero-order valence-electron chi connectivity index (χ0n) is 8.32. The highest BCUT2D eigenvalue weighted by Crippen LogP contribution is 2.05. The van der Waals surface area contributed by atoms with Crippen LogP contribution in [-0.2, 0) is 4.79 Å². The van der Waals surface area contributed by atoms with Gasteiger partial charge in [-0.05, 0) is 24.9 Å². The zero-order chi connectivity index (χ0) is 10.3. The maximum Gasteiger partial charge on any atom is 0.177 e. The molecule has 0 heterocycles. The van der Waals surface area contributed by atoms with E-state index < -0.39 is 12.1 Å². The second kappa shape index (κ2) is 7.35. The Hall–Kier alpha value is -0.0600. The minimum Gasteiger partial charge on any atom is -0.385 e. The van der Waals surface area contributed by atoms with Gasteiger partial charge in [0.05, 0.1) is 6.04 Å². The van der Waals surface area contributed by atoms with Crippen LogP contribution in [0.1, 0.15) is 26.2 Å². The van der Waals surface area contributed by atoms with Crippen LogP contribution in [0, 0.1) is 0 Å². The summed E-state index contributed by atoms with van der Waals surface area (Å²) in [5.41, 5.74) is 5.61. The Labute approximate surface area is 84.1 Å². The Balaban J connectivity index is 3.79. The number of carbonyl (C=O) groups is 1. The molecule has 0 rings (SSSR count). The van der Waals surface area contributed by atoms with E-state index in [1.807, 2.05) is 13.2 Å². The van der Waals surface area contributed by atoms with Crippen molar-refractivity contribution >= 4 is 17.5 Å². The number of aliphatic hydroxyl groups is 1. The van der Waals surface area contributed by atoms with E-state index in [-0.39, 0.29) is 5.78 Å². The summed E-state index contributed by atoms with van der Waals surface area (Å²) < 4.78 is 0. The van der Waals surface area contributed by atoms with Gasteiger partial charge in [-0.3, -0.25) is 4.79 Å². The van der Waals surface area contributed by atoms with Gasteiger partial charge in [0.15, 0.2) is 5.78 Å². The summed E-state index contributed by atoms with van der Waals surface area (Å²) >= 11 is 1.66. The van der Waals surface area contributed by atoms with Crippen molar-refractivity contribution < 1.29 is 9.90 Å². The van der Waals surface area contributed by atoms with Crippen LogP contribution in [-0.4, -0.2) is 35.0 Å². The average Bonchev–Trinajstić information content (AvgIpc) is 2.13. The summed E-state index contributed by atoms with van der Waals surface area (Å²) in [6, 6.07) is -0.492. The largest absolute Gasteiger partial charge is 0.385 e. The predicted octanol–water partition coefficient (Wildman–Crippen LogP) is 0.797. The Morgan fingerprint density at radius 1 is 1.54 bits per heavy atom. The first kappa shape index (κ1) is 12.9. The van der Waals surface area contributed by atoms with E-state index in [4.69, 9.17) is 5.73 Å². The van der Waals surface area contributed by atoms with E-state index in [1.54, 1.807) is 11.8 Å². The molecule has 0 amide bonds. The molecule has 0 aliphatic heterocycles. The van der Waals surface area contributed by atoms with Crippen LogP contribution in [0.3, 0.4) is 0 Å². The summed E-state index contributed by atoms with van der Waals surface area (Å²) in [6.45, 7) is 1.93. The number of thioether (sulfide) groups is 1. The fourth-order valence-corrected chi connectivity index (χ4v) is 1.54. The molecule has 4 heteroatoms. The Kier molecular flexibility index (Phi) is 7.32. The zero-order valence-corrected chi connectivity index (χ0v) is 9.14. The second-order valence-electron chi connectivity index (χ2n) is 3.09. The molecule has 3 N–H and O–H groups in total. The minimum atomic E-state index is -0.859. The summed E-state index contributed by atoms with van der Waals surface area (Å²) in [5, 5.41) is 9.35. The number of rotatable bonds is 7. The Morgan fingerprint density at radius 3 is 2.62 bits per heavy atom. The van der Waals surface area contributed by atoms with E-state index in [0.29, 0.717) is 12.8 Å². The lowest BCUT2D eigenvalue weighted by atomic mass is 10.0. The molecule has 0 bridgehead atoms. The van der Waals surface area contributed by atoms with Crippen LogP contribution in [0.4, 0.5) is 0 Å². The number of aliphatic hydroxyl groups excluding tert-OH is 1. The van der Waals surface area contributed by atoms with Crippen molar-refractivity contribution in [3.63, 3.8) is 0 Å². The van der Waals surface area contributed by atoms with Crippen molar-refractivity contribution in [3.05, 3.63) is 0 Å². The molecule has 0 saturated carbocycles. The first-order valence-electron chi connectivity index (χ1n) is 4.59. The lowest BCUT2D eigenvalue weighted by Gasteiger charge is -2.13. The number of nitrogens with two attached hydrogens (primary N) is 1. The Morgan fingerprint density at radius 2 is 2.15 bits per heavy atom. The molecule has 0 aromatic carbocycles. The smallest absolute Gasteiger partial charge is 0.177 e. The van der Waals surface area contributed by atoms with Crippen molar-refractivity contribution in [2.45, 2.75) is 38.3 Å². The van der Waals surface area contributed by atoms with Crippen LogP contribution >= 0.6 is 11.8 Å². The first-order chi connectivity index (χ1) is 6.13. The molecule has 2 atom stereocenters. The highest BCUT2D eigenvalue weighted by Gasteiger charge is 2.20. The van der Waals surface area contributed by atoms with Gasteiger partial charge in [-0.25, -0.2) is 0 Å². The van der Waals surface area contributed by atoms with Gasteiger partial charge >= 0.3 is 0 Å². The van der Waals surface area contributed by atoms with Gasteiger partial charge in [0.1, 0.15) is 6.10 Å². The number of Topliss-reactive ketones (excluding diaryl/α,β-unsaturated/α-hetero) is 1. The highest BCUT2D eigenvalue weighted by molar-refractivity contribution is 7.98. The summed E-state index contributed by atoms with van der Waals surface area (Å²) in [5.74, 6) is 0.655. The van der Waals surface area contributed by atoms with Crippen molar-refractivity contribution in [2.75, 3.05) is 12.0 Å². The molecule has 0 aliphatic carbocycles. The van der Waals surface area contributed by atoms with Gasteiger partial charge in [-0.2, -0.15) is 11.8 Å². The van der Waals surface area contributed by atoms with Gasteiger partial charge in [0.25, 0.3) is 0 Å². The van der Waals surface area contributed by atoms with Crippen molar-refractivity contribution in [3.8, 4) is 0 Å². The number of ketones is 1. The minimum absolute atomic E-state index is 0.212. The average molecular weight is 205 g/mol. The van der Waals surface area contributed by atoms with E-state index in [9.17, 15) is 9.90 Å². The van der Waals surface area contributed by atoms with Crippen LogP contribution in [0.2, 0.25) is 0 Å². The molecular formula is C9H19NO2S. The summed E-state index contributed by atoms with van der Waals surface area (Å²) in [6.07, 6.45) is 3.09. The summed E-state index contributed by atoms with van der Waals surface area (Å²) in [7, 11) is 0. The van der Waals surface area contributed by atoms with Gasteiger partial charge in [0.2, 0.25) is 0 Å². The first-order valence-corrected chi connectivity index (χ1v) is 5.99. The normalized spacial score (nSPS) is 15.4. The monoisotopic (exact) mass is 205 g/mol. The number of hydrogen-bond acceptors (Lipinski definition) is 4. The maximum absolute atomic E-state index is 11.4. The maximum atomic E-state index is 11.4. The lowest BCUT2D eigenvalue weighted by Crippen LogP contribution is -2.38.